The van der Waals surface area contributed by atoms with Crippen LogP contribution in [0, 0.1) is 13.8 Å². The van der Waals surface area contributed by atoms with E-state index >= 15 is 0 Å². The standard InChI is InChI=1S/C24H21Cl2N3O3S/c1-13-9-10-18(26)22-20(13)27-24(33-22)29(12-15-6-5-11-31-15)23(30)19-14(2)32-28-21(19)16-7-3-4-8-17(16)25/h3-4,7-10,15H,5-6,11-12H2,1-2H3. The van der Waals surface area contributed by atoms with E-state index in [1.54, 1.807) is 17.9 Å². The Morgan fingerprint density at radius 3 is 2.73 bits per heavy atom. The maximum atomic E-state index is 14.0. The van der Waals surface area contributed by atoms with Crippen LogP contribution in [0.5, 0.6) is 0 Å². The van der Waals surface area contributed by atoms with Crippen molar-refractivity contribution in [1.82, 2.24) is 10.1 Å². The Hall–Kier alpha value is -2.45. The highest BCUT2D eigenvalue weighted by atomic mass is 35.5. The van der Waals surface area contributed by atoms with Crippen molar-refractivity contribution in [3.63, 3.8) is 0 Å². The van der Waals surface area contributed by atoms with Crippen LogP contribution < -0.4 is 4.90 Å². The van der Waals surface area contributed by atoms with Gasteiger partial charge in [-0.1, -0.05) is 64.0 Å². The zero-order chi connectivity index (χ0) is 23.1. The number of hydrogen-bond acceptors (Lipinski definition) is 6. The summed E-state index contributed by atoms with van der Waals surface area (Å²) in [6.45, 7) is 4.77. The smallest absolute Gasteiger partial charge is 0.266 e. The van der Waals surface area contributed by atoms with Gasteiger partial charge in [-0.2, -0.15) is 0 Å². The Bertz CT molecular complexity index is 1310. The minimum Gasteiger partial charge on any atom is -0.376 e. The number of anilines is 1. The summed E-state index contributed by atoms with van der Waals surface area (Å²) in [6, 6.07) is 11.0. The fraction of sp³-hybridized carbons (Fsp3) is 0.292. The van der Waals surface area contributed by atoms with Gasteiger partial charge in [0, 0.05) is 12.2 Å². The van der Waals surface area contributed by atoms with Crippen LogP contribution in [0.1, 0.15) is 34.5 Å². The lowest BCUT2D eigenvalue weighted by Gasteiger charge is -2.23. The molecule has 1 aliphatic rings. The molecule has 0 radical (unpaired) electrons. The van der Waals surface area contributed by atoms with Crippen LogP contribution in [0.25, 0.3) is 21.5 Å². The number of hydrogen-bond donors (Lipinski definition) is 0. The van der Waals surface area contributed by atoms with Crippen molar-refractivity contribution in [2.45, 2.75) is 32.8 Å². The van der Waals surface area contributed by atoms with E-state index in [0.717, 1.165) is 28.6 Å². The molecule has 0 aliphatic carbocycles. The van der Waals surface area contributed by atoms with Crippen molar-refractivity contribution in [3.05, 3.63) is 63.3 Å². The van der Waals surface area contributed by atoms with Crippen LogP contribution >= 0.6 is 34.5 Å². The second-order valence-corrected chi connectivity index (χ2v) is 9.82. The zero-order valence-corrected chi connectivity index (χ0v) is 20.4. The van der Waals surface area contributed by atoms with E-state index in [-0.39, 0.29) is 12.0 Å². The molecule has 1 aliphatic heterocycles. The number of carbonyl (C=O) groups is 1. The Morgan fingerprint density at radius 1 is 1.18 bits per heavy atom. The van der Waals surface area contributed by atoms with Crippen LogP contribution in [0.2, 0.25) is 10.0 Å². The Labute approximate surface area is 205 Å². The third-order valence-electron chi connectivity index (χ3n) is 5.78. The van der Waals surface area contributed by atoms with Gasteiger partial charge in [0.2, 0.25) is 0 Å². The molecule has 170 valence electrons. The number of aromatic nitrogens is 2. The van der Waals surface area contributed by atoms with E-state index in [9.17, 15) is 4.79 Å². The first-order chi connectivity index (χ1) is 15.9. The number of ether oxygens (including phenoxy) is 1. The highest BCUT2D eigenvalue weighted by Gasteiger charge is 2.32. The normalized spacial score (nSPS) is 15.9. The van der Waals surface area contributed by atoms with Gasteiger partial charge < -0.3 is 9.26 Å². The van der Waals surface area contributed by atoms with Crippen LogP contribution in [0.4, 0.5) is 5.13 Å². The molecule has 1 unspecified atom stereocenters. The first kappa shape index (κ1) is 22.3. The molecule has 0 N–H and O–H groups in total. The number of thiazole rings is 1. The monoisotopic (exact) mass is 501 g/mol. The van der Waals surface area contributed by atoms with Crippen molar-refractivity contribution in [2.75, 3.05) is 18.1 Å². The summed E-state index contributed by atoms with van der Waals surface area (Å²) in [5.41, 5.74) is 3.21. The number of amides is 1. The molecular weight excluding hydrogens is 481 g/mol. The van der Waals surface area contributed by atoms with Gasteiger partial charge in [0.1, 0.15) is 17.0 Å². The molecule has 1 amide bonds. The second-order valence-electron chi connectivity index (χ2n) is 8.03. The van der Waals surface area contributed by atoms with E-state index < -0.39 is 0 Å². The van der Waals surface area contributed by atoms with Crippen molar-refractivity contribution >= 4 is 55.8 Å². The van der Waals surface area contributed by atoms with Gasteiger partial charge >= 0.3 is 0 Å². The summed E-state index contributed by atoms with van der Waals surface area (Å²) in [6.07, 6.45) is 1.78. The average molecular weight is 502 g/mol. The summed E-state index contributed by atoms with van der Waals surface area (Å²) in [4.78, 5) is 20.5. The molecular formula is C24H21Cl2N3O3S. The molecule has 0 saturated carbocycles. The van der Waals surface area contributed by atoms with Gasteiger partial charge in [-0.15, -0.1) is 0 Å². The lowest BCUT2D eigenvalue weighted by atomic mass is 10.0. The van der Waals surface area contributed by atoms with Crippen LogP contribution in [-0.4, -0.2) is 35.3 Å². The van der Waals surface area contributed by atoms with Crippen molar-refractivity contribution < 1.29 is 14.1 Å². The first-order valence-corrected chi connectivity index (χ1v) is 12.2. The summed E-state index contributed by atoms with van der Waals surface area (Å²) in [7, 11) is 0. The number of rotatable bonds is 5. The third kappa shape index (κ3) is 4.15. The molecule has 2 aromatic heterocycles. The lowest BCUT2D eigenvalue weighted by molar-refractivity contribution is 0.0916. The minimum absolute atomic E-state index is 0.0681. The molecule has 9 heteroatoms. The maximum absolute atomic E-state index is 14.0. The summed E-state index contributed by atoms with van der Waals surface area (Å²) >= 11 is 14.3. The van der Waals surface area contributed by atoms with E-state index in [2.05, 4.69) is 5.16 Å². The number of halogens is 2. The predicted octanol–water partition coefficient (Wildman–Crippen LogP) is 6.70. The van der Waals surface area contributed by atoms with Crippen LogP contribution in [-0.2, 0) is 4.74 Å². The van der Waals surface area contributed by atoms with Gasteiger partial charge in [-0.25, -0.2) is 4.98 Å². The van der Waals surface area contributed by atoms with Gasteiger partial charge in [0.25, 0.3) is 5.91 Å². The molecule has 0 spiro atoms. The average Bonchev–Trinajstić information content (AvgIpc) is 3.55. The number of benzene rings is 2. The topological polar surface area (TPSA) is 68.5 Å². The summed E-state index contributed by atoms with van der Waals surface area (Å²) in [5, 5.41) is 5.84. The van der Waals surface area contributed by atoms with E-state index in [1.165, 1.54) is 11.3 Å². The largest absolute Gasteiger partial charge is 0.376 e. The fourth-order valence-electron chi connectivity index (χ4n) is 4.04. The van der Waals surface area contributed by atoms with Crippen molar-refractivity contribution in [3.8, 4) is 11.3 Å². The van der Waals surface area contributed by atoms with Crippen molar-refractivity contribution in [2.24, 2.45) is 0 Å². The number of aryl methyl sites for hydroxylation is 2. The van der Waals surface area contributed by atoms with E-state index in [1.807, 2.05) is 37.3 Å². The molecule has 2 aromatic carbocycles. The molecule has 0 bridgehead atoms. The zero-order valence-electron chi connectivity index (χ0n) is 18.1. The van der Waals surface area contributed by atoms with Gasteiger partial charge in [-0.3, -0.25) is 9.69 Å². The number of carbonyl (C=O) groups excluding carboxylic acids is 1. The van der Waals surface area contributed by atoms with Crippen LogP contribution in [0.3, 0.4) is 0 Å². The van der Waals surface area contributed by atoms with Crippen LogP contribution in [0.15, 0.2) is 40.9 Å². The number of fused-ring (bicyclic) bond motifs is 1. The van der Waals surface area contributed by atoms with E-state index in [0.29, 0.717) is 50.9 Å². The summed E-state index contributed by atoms with van der Waals surface area (Å²) in [5.74, 6) is 0.162. The highest BCUT2D eigenvalue weighted by molar-refractivity contribution is 7.23. The molecule has 4 aromatic rings. The fourth-order valence-corrected chi connectivity index (χ4v) is 5.59. The van der Waals surface area contributed by atoms with Crippen molar-refractivity contribution in [1.29, 1.82) is 0 Å². The maximum Gasteiger partial charge on any atom is 0.266 e. The first-order valence-electron chi connectivity index (χ1n) is 10.6. The molecule has 5 rings (SSSR count). The Morgan fingerprint density at radius 2 is 2.00 bits per heavy atom. The van der Waals surface area contributed by atoms with Gasteiger partial charge in [0.15, 0.2) is 5.13 Å². The second kappa shape index (κ2) is 9.06. The molecule has 3 heterocycles. The Kier molecular flexibility index (Phi) is 6.14. The Balaban J connectivity index is 1.62. The summed E-state index contributed by atoms with van der Waals surface area (Å²) < 4.78 is 12.2. The predicted molar refractivity (Wildman–Crippen MR) is 132 cm³/mol. The van der Waals surface area contributed by atoms with Gasteiger partial charge in [-0.05, 0) is 44.4 Å². The molecule has 6 nitrogen and oxygen atoms in total. The quantitative estimate of drug-likeness (QED) is 0.304. The SMILES string of the molecule is Cc1onc(-c2ccccc2Cl)c1C(=O)N(CC1CCCO1)c1nc2c(C)ccc(Cl)c2s1. The van der Waals surface area contributed by atoms with E-state index in [4.69, 9.17) is 37.4 Å². The molecule has 1 fully saturated rings. The number of nitrogens with zero attached hydrogens (tertiary/aromatic N) is 3. The highest BCUT2D eigenvalue weighted by Crippen LogP contribution is 2.38. The van der Waals surface area contributed by atoms with Gasteiger partial charge in [0.05, 0.1) is 32.9 Å². The lowest BCUT2D eigenvalue weighted by Crippen LogP contribution is -2.37. The molecule has 1 atom stereocenters. The minimum atomic E-state index is -0.257. The molecule has 1 saturated heterocycles. The molecule has 33 heavy (non-hydrogen) atoms. The third-order valence-corrected chi connectivity index (χ3v) is 7.65.